The molecule has 0 atom stereocenters. The number of hydrogen-bond donors (Lipinski definition) is 0. The minimum atomic E-state index is 0.698. The molecule has 0 N–H and O–H groups in total. The highest BCUT2D eigenvalue weighted by molar-refractivity contribution is 5.77. The fourth-order valence-electron chi connectivity index (χ4n) is 3.79. The standard InChI is InChI=1S/C21H23N3O/c1-14-12-15(2)19(16(3)13-14)24-9-8-22-21(24)17-6-5-7-18-20(17)25-11-10-23(18)4/h5-9,12-13H,10-11H2,1-4H3. The topological polar surface area (TPSA) is 30.3 Å². The monoisotopic (exact) mass is 333 g/mol. The van der Waals surface area contributed by atoms with Gasteiger partial charge in [-0.1, -0.05) is 23.8 Å². The molecule has 0 bridgehead atoms. The zero-order valence-electron chi connectivity index (χ0n) is 15.2. The third kappa shape index (κ3) is 2.58. The predicted octanol–water partition coefficient (Wildman–Crippen LogP) is 4.29. The van der Waals surface area contributed by atoms with Crippen LogP contribution in [0.4, 0.5) is 5.69 Å². The van der Waals surface area contributed by atoms with Gasteiger partial charge in [0.25, 0.3) is 0 Å². The van der Waals surface area contributed by atoms with Gasteiger partial charge in [0.2, 0.25) is 0 Å². The van der Waals surface area contributed by atoms with Crippen molar-refractivity contribution in [2.45, 2.75) is 20.8 Å². The third-order valence-electron chi connectivity index (χ3n) is 4.84. The molecule has 0 amide bonds. The maximum absolute atomic E-state index is 6.02. The van der Waals surface area contributed by atoms with Crippen LogP contribution in [0.25, 0.3) is 17.1 Å². The van der Waals surface area contributed by atoms with E-state index < -0.39 is 0 Å². The minimum Gasteiger partial charge on any atom is -0.489 e. The Hall–Kier alpha value is -2.75. The Morgan fingerprint density at radius 2 is 1.84 bits per heavy atom. The lowest BCUT2D eigenvalue weighted by Crippen LogP contribution is -2.29. The van der Waals surface area contributed by atoms with Crippen molar-refractivity contribution in [2.24, 2.45) is 0 Å². The van der Waals surface area contributed by atoms with Crippen molar-refractivity contribution in [3.05, 3.63) is 59.4 Å². The van der Waals surface area contributed by atoms with Crippen LogP contribution in [0.5, 0.6) is 5.75 Å². The molecular formula is C21H23N3O. The van der Waals surface area contributed by atoms with Crippen LogP contribution in [0.15, 0.2) is 42.7 Å². The molecule has 4 rings (SSSR count). The number of anilines is 1. The van der Waals surface area contributed by atoms with E-state index in [2.05, 4.69) is 72.6 Å². The fourth-order valence-corrected chi connectivity index (χ4v) is 3.79. The van der Waals surface area contributed by atoms with Crippen molar-refractivity contribution in [1.82, 2.24) is 9.55 Å². The Balaban J connectivity index is 1.92. The number of aryl methyl sites for hydroxylation is 3. The van der Waals surface area contributed by atoms with Crippen LogP contribution >= 0.6 is 0 Å². The summed E-state index contributed by atoms with van der Waals surface area (Å²) in [7, 11) is 2.10. The number of fused-ring (bicyclic) bond motifs is 1. The molecule has 4 nitrogen and oxygen atoms in total. The Labute approximate surface area is 148 Å². The first-order valence-electron chi connectivity index (χ1n) is 8.65. The summed E-state index contributed by atoms with van der Waals surface area (Å²) in [6, 6.07) is 10.7. The molecule has 0 saturated carbocycles. The van der Waals surface area contributed by atoms with Gasteiger partial charge in [0.1, 0.15) is 12.4 Å². The van der Waals surface area contributed by atoms with E-state index in [-0.39, 0.29) is 0 Å². The number of likely N-dealkylation sites (N-methyl/N-ethyl adjacent to an activating group) is 1. The fraction of sp³-hybridized carbons (Fsp3) is 0.286. The molecule has 3 aromatic rings. The molecule has 128 valence electrons. The van der Waals surface area contributed by atoms with Gasteiger partial charge in [0.15, 0.2) is 5.75 Å². The maximum atomic E-state index is 6.02. The minimum absolute atomic E-state index is 0.698. The van der Waals surface area contributed by atoms with Crippen molar-refractivity contribution in [1.29, 1.82) is 0 Å². The molecule has 0 fully saturated rings. The lowest BCUT2D eigenvalue weighted by molar-refractivity contribution is 0.312. The van der Waals surface area contributed by atoms with Gasteiger partial charge in [-0.25, -0.2) is 4.98 Å². The predicted molar refractivity (Wildman–Crippen MR) is 102 cm³/mol. The Kier molecular flexibility index (Phi) is 3.75. The molecule has 25 heavy (non-hydrogen) atoms. The van der Waals surface area contributed by atoms with Gasteiger partial charge >= 0.3 is 0 Å². The highest BCUT2D eigenvalue weighted by Gasteiger charge is 2.22. The molecule has 4 heteroatoms. The zero-order valence-corrected chi connectivity index (χ0v) is 15.2. The number of imidazole rings is 1. The second kappa shape index (κ2) is 5.96. The highest BCUT2D eigenvalue weighted by atomic mass is 16.5. The van der Waals surface area contributed by atoms with E-state index in [9.17, 15) is 0 Å². The average Bonchev–Trinajstić information content (AvgIpc) is 3.03. The summed E-state index contributed by atoms with van der Waals surface area (Å²) in [4.78, 5) is 6.90. The van der Waals surface area contributed by atoms with Gasteiger partial charge < -0.3 is 9.64 Å². The quantitative estimate of drug-likeness (QED) is 0.701. The summed E-state index contributed by atoms with van der Waals surface area (Å²) in [6.07, 6.45) is 3.89. The molecule has 1 aromatic heterocycles. The maximum Gasteiger partial charge on any atom is 0.153 e. The van der Waals surface area contributed by atoms with Crippen LogP contribution in [0, 0.1) is 20.8 Å². The molecule has 1 aliphatic heterocycles. The summed E-state index contributed by atoms with van der Waals surface area (Å²) >= 11 is 0. The van der Waals surface area contributed by atoms with Crippen LogP contribution in [0.3, 0.4) is 0 Å². The number of ether oxygens (including phenoxy) is 1. The number of para-hydroxylation sites is 1. The molecular weight excluding hydrogens is 310 g/mol. The van der Waals surface area contributed by atoms with E-state index in [0.717, 1.165) is 29.4 Å². The summed E-state index contributed by atoms with van der Waals surface area (Å²) in [5.74, 6) is 1.84. The first-order valence-corrected chi connectivity index (χ1v) is 8.65. The van der Waals surface area contributed by atoms with E-state index in [1.54, 1.807) is 0 Å². The molecule has 0 spiro atoms. The van der Waals surface area contributed by atoms with E-state index in [1.807, 2.05) is 12.4 Å². The normalized spacial score (nSPS) is 13.5. The SMILES string of the molecule is Cc1cc(C)c(-n2ccnc2-c2cccc3c2OCCN3C)c(C)c1. The number of hydrogen-bond acceptors (Lipinski definition) is 3. The largest absolute Gasteiger partial charge is 0.489 e. The number of nitrogens with zero attached hydrogens (tertiary/aromatic N) is 3. The second-order valence-electron chi connectivity index (χ2n) is 6.79. The van der Waals surface area contributed by atoms with E-state index >= 15 is 0 Å². The molecule has 0 aliphatic carbocycles. The molecule has 2 heterocycles. The van der Waals surface area contributed by atoms with Crippen LogP contribution in [-0.4, -0.2) is 29.8 Å². The lowest BCUT2D eigenvalue weighted by atomic mass is 10.0. The van der Waals surface area contributed by atoms with E-state index in [0.29, 0.717) is 6.61 Å². The molecule has 1 aliphatic rings. The highest BCUT2D eigenvalue weighted by Crippen LogP contribution is 2.40. The molecule has 0 radical (unpaired) electrons. The van der Waals surface area contributed by atoms with Crippen molar-refractivity contribution in [3.8, 4) is 22.8 Å². The third-order valence-corrected chi connectivity index (χ3v) is 4.84. The molecule has 0 saturated heterocycles. The van der Waals surface area contributed by atoms with Gasteiger partial charge in [-0.2, -0.15) is 0 Å². The van der Waals surface area contributed by atoms with Crippen molar-refractivity contribution < 1.29 is 4.74 Å². The zero-order chi connectivity index (χ0) is 17.6. The van der Waals surface area contributed by atoms with Gasteiger partial charge in [-0.3, -0.25) is 4.57 Å². The summed E-state index contributed by atoms with van der Waals surface area (Å²) in [5.41, 5.74) is 7.13. The van der Waals surface area contributed by atoms with E-state index in [4.69, 9.17) is 4.74 Å². The summed E-state index contributed by atoms with van der Waals surface area (Å²) in [6.45, 7) is 8.05. The van der Waals surface area contributed by atoms with E-state index in [1.165, 1.54) is 22.4 Å². The average molecular weight is 333 g/mol. The molecule has 0 unspecified atom stereocenters. The van der Waals surface area contributed by atoms with Crippen LogP contribution < -0.4 is 9.64 Å². The smallest absolute Gasteiger partial charge is 0.153 e. The Morgan fingerprint density at radius 3 is 2.60 bits per heavy atom. The van der Waals surface area contributed by atoms with Crippen molar-refractivity contribution in [2.75, 3.05) is 25.1 Å². The van der Waals surface area contributed by atoms with Crippen LogP contribution in [0.2, 0.25) is 0 Å². The molecule has 2 aromatic carbocycles. The van der Waals surface area contributed by atoms with Crippen molar-refractivity contribution >= 4 is 5.69 Å². The van der Waals surface area contributed by atoms with Gasteiger partial charge in [0, 0.05) is 19.4 Å². The van der Waals surface area contributed by atoms with Crippen LogP contribution in [-0.2, 0) is 0 Å². The summed E-state index contributed by atoms with van der Waals surface area (Å²) in [5, 5.41) is 0. The number of aromatic nitrogens is 2. The van der Waals surface area contributed by atoms with Crippen molar-refractivity contribution in [3.63, 3.8) is 0 Å². The van der Waals surface area contributed by atoms with Gasteiger partial charge in [0.05, 0.1) is 23.5 Å². The van der Waals surface area contributed by atoms with Gasteiger partial charge in [-0.05, 0) is 44.0 Å². The van der Waals surface area contributed by atoms with Gasteiger partial charge in [-0.15, -0.1) is 0 Å². The first-order chi connectivity index (χ1) is 12.1. The lowest BCUT2D eigenvalue weighted by Gasteiger charge is -2.29. The van der Waals surface area contributed by atoms with Crippen LogP contribution in [0.1, 0.15) is 16.7 Å². The second-order valence-corrected chi connectivity index (χ2v) is 6.79. The summed E-state index contributed by atoms with van der Waals surface area (Å²) < 4.78 is 8.20. The first kappa shape index (κ1) is 15.8. The number of benzene rings is 2. The Morgan fingerprint density at radius 1 is 1.08 bits per heavy atom. The number of rotatable bonds is 2. The Bertz CT molecular complexity index is 919.